The lowest BCUT2D eigenvalue weighted by molar-refractivity contribution is 0.248. The summed E-state index contributed by atoms with van der Waals surface area (Å²) in [6.45, 7) is 7.91. The molecule has 2 rings (SSSR count). The largest absolute Gasteiger partial charge is 0.496 e. The monoisotopic (exact) mass is 259 g/mol. The molecule has 2 heteroatoms. The third-order valence-electron chi connectivity index (χ3n) is 4.45. The fourth-order valence-electron chi connectivity index (χ4n) is 3.12. The van der Waals surface area contributed by atoms with Gasteiger partial charge in [-0.05, 0) is 37.9 Å². The van der Waals surface area contributed by atoms with Gasteiger partial charge < -0.3 is 10.1 Å². The summed E-state index contributed by atoms with van der Waals surface area (Å²) in [6.07, 6.45) is 4.45. The van der Waals surface area contributed by atoms with E-state index in [1.165, 1.54) is 5.56 Å². The van der Waals surface area contributed by atoms with Crippen LogP contribution in [0.15, 0.2) is 35.9 Å². The molecule has 1 heterocycles. The Bertz CT molecular complexity index is 462. The van der Waals surface area contributed by atoms with Gasteiger partial charge in [0, 0.05) is 11.5 Å². The summed E-state index contributed by atoms with van der Waals surface area (Å²) in [4.78, 5) is 0. The molecule has 1 aromatic rings. The molecule has 1 aliphatic heterocycles. The summed E-state index contributed by atoms with van der Waals surface area (Å²) in [5, 5.41) is 3.68. The minimum Gasteiger partial charge on any atom is -0.496 e. The molecule has 1 atom stereocenters. The Labute approximate surface area is 116 Å². The van der Waals surface area contributed by atoms with Crippen molar-refractivity contribution in [2.24, 2.45) is 5.41 Å². The highest BCUT2D eigenvalue weighted by atomic mass is 16.5. The SMILES string of the molecule is CC=C1CCN[C@H](Cc2ccccc2OC)C1(C)C. The minimum atomic E-state index is 0.202. The summed E-state index contributed by atoms with van der Waals surface area (Å²) in [5.74, 6) is 0.993. The highest BCUT2D eigenvalue weighted by Crippen LogP contribution is 2.37. The van der Waals surface area contributed by atoms with Crippen molar-refractivity contribution in [2.45, 2.75) is 39.7 Å². The highest BCUT2D eigenvalue weighted by Gasteiger charge is 2.35. The van der Waals surface area contributed by atoms with Gasteiger partial charge in [-0.25, -0.2) is 0 Å². The van der Waals surface area contributed by atoms with E-state index in [4.69, 9.17) is 4.74 Å². The second kappa shape index (κ2) is 5.79. The maximum Gasteiger partial charge on any atom is 0.122 e. The molecule has 19 heavy (non-hydrogen) atoms. The molecular weight excluding hydrogens is 234 g/mol. The molecule has 0 spiro atoms. The van der Waals surface area contributed by atoms with E-state index in [-0.39, 0.29) is 5.41 Å². The topological polar surface area (TPSA) is 21.3 Å². The van der Waals surface area contributed by atoms with E-state index < -0.39 is 0 Å². The average Bonchev–Trinajstić information content (AvgIpc) is 2.41. The number of para-hydroxylation sites is 1. The molecule has 0 saturated carbocycles. The van der Waals surface area contributed by atoms with E-state index in [0.717, 1.165) is 25.1 Å². The first-order valence-electron chi connectivity index (χ1n) is 7.10. The summed E-state index contributed by atoms with van der Waals surface area (Å²) < 4.78 is 5.47. The number of ether oxygens (including phenoxy) is 1. The van der Waals surface area contributed by atoms with Crippen molar-refractivity contribution in [2.75, 3.05) is 13.7 Å². The minimum absolute atomic E-state index is 0.202. The van der Waals surface area contributed by atoms with Crippen molar-refractivity contribution in [3.05, 3.63) is 41.5 Å². The number of nitrogens with one attached hydrogen (secondary N) is 1. The van der Waals surface area contributed by atoms with Crippen molar-refractivity contribution in [1.82, 2.24) is 5.32 Å². The van der Waals surface area contributed by atoms with E-state index in [9.17, 15) is 0 Å². The van der Waals surface area contributed by atoms with Crippen LogP contribution in [0.1, 0.15) is 32.8 Å². The van der Waals surface area contributed by atoms with E-state index >= 15 is 0 Å². The van der Waals surface area contributed by atoms with Crippen molar-refractivity contribution in [3.63, 3.8) is 0 Å². The van der Waals surface area contributed by atoms with Crippen LogP contribution >= 0.6 is 0 Å². The fraction of sp³-hybridized carbons (Fsp3) is 0.529. The van der Waals surface area contributed by atoms with Gasteiger partial charge in [0.2, 0.25) is 0 Å². The predicted molar refractivity (Wildman–Crippen MR) is 80.6 cm³/mol. The Balaban J connectivity index is 2.22. The van der Waals surface area contributed by atoms with Crippen molar-refractivity contribution < 1.29 is 4.74 Å². The van der Waals surface area contributed by atoms with Crippen LogP contribution in [0.25, 0.3) is 0 Å². The van der Waals surface area contributed by atoms with Gasteiger partial charge in [0.15, 0.2) is 0 Å². The Hall–Kier alpha value is -1.28. The Morgan fingerprint density at radius 1 is 1.37 bits per heavy atom. The molecule has 0 bridgehead atoms. The van der Waals surface area contributed by atoms with Gasteiger partial charge in [0.05, 0.1) is 7.11 Å². The second-order valence-corrected chi connectivity index (χ2v) is 5.81. The van der Waals surface area contributed by atoms with Gasteiger partial charge in [0.1, 0.15) is 5.75 Å². The van der Waals surface area contributed by atoms with E-state index in [0.29, 0.717) is 6.04 Å². The Kier molecular flexibility index (Phi) is 4.31. The Morgan fingerprint density at radius 3 is 2.79 bits per heavy atom. The lowest BCUT2D eigenvalue weighted by atomic mass is 9.71. The maximum absolute atomic E-state index is 5.47. The van der Waals surface area contributed by atoms with Crippen molar-refractivity contribution in [1.29, 1.82) is 0 Å². The standard InChI is InChI=1S/C17H25NO/c1-5-14-10-11-18-16(17(14,2)3)12-13-8-6-7-9-15(13)19-4/h5-9,16,18H,10-12H2,1-4H3/t16-/m1/s1. The molecule has 1 saturated heterocycles. The van der Waals surface area contributed by atoms with Crippen LogP contribution in [0.2, 0.25) is 0 Å². The smallest absolute Gasteiger partial charge is 0.122 e. The first-order chi connectivity index (χ1) is 9.09. The van der Waals surface area contributed by atoms with Gasteiger partial charge in [0.25, 0.3) is 0 Å². The zero-order valence-corrected chi connectivity index (χ0v) is 12.5. The number of allylic oxidation sites excluding steroid dienone is 1. The quantitative estimate of drug-likeness (QED) is 0.838. The maximum atomic E-state index is 5.47. The van der Waals surface area contributed by atoms with E-state index in [2.05, 4.69) is 44.3 Å². The molecule has 1 N–H and O–H groups in total. The van der Waals surface area contributed by atoms with Crippen molar-refractivity contribution in [3.8, 4) is 5.75 Å². The fourth-order valence-corrected chi connectivity index (χ4v) is 3.12. The van der Waals surface area contributed by atoms with E-state index in [1.54, 1.807) is 12.7 Å². The third kappa shape index (κ3) is 2.84. The molecule has 0 aromatic heterocycles. The average molecular weight is 259 g/mol. The normalized spacial score (nSPS) is 24.4. The molecule has 1 fully saturated rings. The molecule has 1 aromatic carbocycles. The number of hydrogen-bond acceptors (Lipinski definition) is 2. The molecule has 2 nitrogen and oxygen atoms in total. The molecule has 0 radical (unpaired) electrons. The first-order valence-corrected chi connectivity index (χ1v) is 7.10. The summed E-state index contributed by atoms with van der Waals surface area (Å²) >= 11 is 0. The third-order valence-corrected chi connectivity index (χ3v) is 4.45. The van der Waals surface area contributed by atoms with Crippen LogP contribution in [0.4, 0.5) is 0 Å². The molecule has 0 amide bonds. The number of hydrogen-bond donors (Lipinski definition) is 1. The predicted octanol–water partition coefficient (Wildman–Crippen LogP) is 3.57. The summed E-state index contributed by atoms with van der Waals surface area (Å²) in [6, 6.07) is 8.79. The lowest BCUT2D eigenvalue weighted by Crippen LogP contribution is -2.49. The van der Waals surface area contributed by atoms with Crippen molar-refractivity contribution >= 4 is 0 Å². The number of rotatable bonds is 3. The molecule has 0 aliphatic carbocycles. The van der Waals surface area contributed by atoms with Crippen LogP contribution in [0.3, 0.4) is 0 Å². The summed E-state index contributed by atoms with van der Waals surface area (Å²) in [7, 11) is 1.75. The number of piperidine rings is 1. The second-order valence-electron chi connectivity index (χ2n) is 5.81. The molecule has 1 aliphatic rings. The summed E-state index contributed by atoms with van der Waals surface area (Å²) in [5.41, 5.74) is 3.05. The first kappa shape index (κ1) is 14.1. The van der Waals surface area contributed by atoms with Gasteiger partial charge in [-0.3, -0.25) is 0 Å². The van der Waals surface area contributed by atoms with Gasteiger partial charge in [-0.15, -0.1) is 0 Å². The van der Waals surface area contributed by atoms with E-state index in [1.807, 2.05) is 12.1 Å². The van der Waals surface area contributed by atoms with Crippen LogP contribution < -0.4 is 10.1 Å². The zero-order valence-electron chi connectivity index (χ0n) is 12.5. The number of benzene rings is 1. The van der Waals surface area contributed by atoms with Crippen LogP contribution in [0.5, 0.6) is 5.75 Å². The lowest BCUT2D eigenvalue weighted by Gasteiger charge is -2.42. The van der Waals surface area contributed by atoms with Crippen LogP contribution in [-0.2, 0) is 6.42 Å². The van der Waals surface area contributed by atoms with Gasteiger partial charge in [-0.2, -0.15) is 0 Å². The Morgan fingerprint density at radius 2 is 2.11 bits per heavy atom. The number of methoxy groups -OCH3 is 1. The molecule has 0 unspecified atom stereocenters. The van der Waals surface area contributed by atoms with Crippen LogP contribution in [0, 0.1) is 5.41 Å². The molecule has 104 valence electrons. The molecular formula is C17H25NO. The zero-order chi connectivity index (χ0) is 13.9. The van der Waals surface area contributed by atoms with Crippen LogP contribution in [-0.4, -0.2) is 19.7 Å². The highest BCUT2D eigenvalue weighted by molar-refractivity contribution is 5.35. The van der Waals surface area contributed by atoms with Gasteiger partial charge in [-0.1, -0.05) is 43.7 Å². The van der Waals surface area contributed by atoms with Gasteiger partial charge >= 0.3 is 0 Å².